The molecule has 7 rings (SSSR count). The van der Waals surface area contributed by atoms with Gasteiger partial charge in [-0.25, -0.2) is 0 Å². The van der Waals surface area contributed by atoms with Crippen LogP contribution in [0, 0.1) is 0 Å². The van der Waals surface area contributed by atoms with Crippen LogP contribution in [-0.2, 0) is 0 Å². The molecule has 6 aliphatic carbocycles. The van der Waals surface area contributed by atoms with Gasteiger partial charge in [-0.3, -0.25) is 0 Å². The molecule has 0 heterocycles. The summed E-state index contributed by atoms with van der Waals surface area (Å²) in [7, 11) is -3.58. The Kier molecular flexibility index (Phi) is 12.1. The summed E-state index contributed by atoms with van der Waals surface area (Å²) < 4.78 is 0. The maximum absolute atomic E-state index is 2.82. The van der Waals surface area contributed by atoms with Crippen LogP contribution in [0.15, 0.2) is 30.3 Å². The molecule has 0 aromatic heterocycles. The number of hydrogen-bond donors (Lipinski definition) is 0. The molecular formula is C43H74P2. The van der Waals surface area contributed by atoms with E-state index in [0.717, 1.165) is 39.4 Å². The molecule has 0 atom stereocenters. The summed E-state index contributed by atoms with van der Waals surface area (Å²) in [5.41, 5.74) is 8.85. The molecule has 0 bridgehead atoms. The van der Waals surface area contributed by atoms with Gasteiger partial charge >= 0.3 is 282 Å². The normalized spacial score (nSPS) is 28.5. The summed E-state index contributed by atoms with van der Waals surface area (Å²) in [4.78, 5) is 0. The van der Waals surface area contributed by atoms with E-state index in [0.29, 0.717) is 0 Å². The van der Waals surface area contributed by atoms with Gasteiger partial charge < -0.3 is 0 Å². The SMILES string of the molecule is c1ccc(C([PH](C2CCCCC2)(C2CCCCC2)C2CCCCC2)[PH](C2CCCCC2)(C2CCCCC2)C2CCCCC2)cc1. The van der Waals surface area contributed by atoms with Crippen molar-refractivity contribution in [1.82, 2.24) is 0 Å². The molecule has 0 aliphatic heterocycles. The topological polar surface area (TPSA) is 0 Å². The molecule has 6 aliphatic rings. The van der Waals surface area contributed by atoms with Crippen LogP contribution in [-0.4, -0.2) is 34.0 Å². The summed E-state index contributed by atoms with van der Waals surface area (Å²) >= 11 is 0. The minimum absolute atomic E-state index is 1.08. The molecule has 1 aromatic rings. The van der Waals surface area contributed by atoms with Gasteiger partial charge in [0, 0.05) is 0 Å². The quantitative estimate of drug-likeness (QED) is 0.233. The molecule has 0 nitrogen and oxygen atoms in total. The van der Waals surface area contributed by atoms with Gasteiger partial charge in [0.2, 0.25) is 0 Å². The Bertz CT molecular complexity index is 829. The predicted octanol–water partition coefficient (Wildman–Crippen LogP) is 14.2. The molecule has 0 N–H and O–H groups in total. The molecule has 256 valence electrons. The van der Waals surface area contributed by atoms with Crippen LogP contribution in [0.2, 0.25) is 0 Å². The van der Waals surface area contributed by atoms with Gasteiger partial charge in [-0.05, 0) is 0 Å². The first-order valence-electron chi connectivity index (χ1n) is 21.4. The van der Waals surface area contributed by atoms with Gasteiger partial charge in [0.15, 0.2) is 0 Å². The van der Waals surface area contributed by atoms with Crippen molar-refractivity contribution in [3.05, 3.63) is 35.9 Å². The first-order valence-corrected chi connectivity index (χ1v) is 26.0. The third kappa shape index (κ3) is 6.68. The van der Waals surface area contributed by atoms with Gasteiger partial charge in [-0.15, -0.1) is 0 Å². The maximum atomic E-state index is 2.82. The van der Waals surface area contributed by atoms with Gasteiger partial charge in [0.25, 0.3) is 0 Å². The molecule has 0 saturated heterocycles. The van der Waals surface area contributed by atoms with Crippen LogP contribution < -0.4 is 0 Å². The van der Waals surface area contributed by atoms with Crippen molar-refractivity contribution in [2.24, 2.45) is 0 Å². The van der Waals surface area contributed by atoms with E-state index in [4.69, 9.17) is 0 Å². The second-order valence-electron chi connectivity index (χ2n) is 17.9. The van der Waals surface area contributed by atoms with Crippen molar-refractivity contribution in [3.63, 3.8) is 0 Å². The van der Waals surface area contributed by atoms with Crippen LogP contribution in [0.5, 0.6) is 0 Å². The van der Waals surface area contributed by atoms with E-state index in [-0.39, 0.29) is 0 Å². The second kappa shape index (κ2) is 16.2. The van der Waals surface area contributed by atoms with E-state index in [1.165, 1.54) is 0 Å². The molecule has 2 heteroatoms. The van der Waals surface area contributed by atoms with Crippen LogP contribution >= 0.6 is 14.5 Å². The van der Waals surface area contributed by atoms with E-state index in [1.807, 2.05) is 5.56 Å². The standard InChI is InChI=1S/C43H74P2/c1-8-22-36(23-9-1)43(44(37-24-10-2-11-25-37,38-26-12-3-13-27-38)39-28-14-4-15-29-39)45(40-30-16-5-17-31-40,41-32-18-6-19-33-41)42-34-20-7-21-35-42/h1,8-9,22-23,37-45H,2-7,10-21,24-35H2. The Morgan fingerprint density at radius 1 is 0.311 bits per heavy atom. The average Bonchev–Trinajstić information content (AvgIpc) is 3.14. The van der Waals surface area contributed by atoms with Crippen LogP contribution in [0.25, 0.3) is 0 Å². The van der Waals surface area contributed by atoms with E-state index >= 15 is 0 Å². The monoisotopic (exact) mass is 653 g/mol. The predicted molar refractivity (Wildman–Crippen MR) is 207 cm³/mol. The summed E-state index contributed by atoms with van der Waals surface area (Å²) in [5.74, 6) is 0. The fourth-order valence-electron chi connectivity index (χ4n) is 14.7. The van der Waals surface area contributed by atoms with Crippen molar-refractivity contribution in [1.29, 1.82) is 0 Å². The van der Waals surface area contributed by atoms with Crippen molar-refractivity contribution in [2.45, 2.75) is 232 Å². The first kappa shape index (κ1) is 33.6. The van der Waals surface area contributed by atoms with Crippen molar-refractivity contribution < 1.29 is 0 Å². The number of hydrogen-bond acceptors (Lipinski definition) is 0. The molecular weight excluding hydrogens is 578 g/mol. The van der Waals surface area contributed by atoms with Gasteiger partial charge in [0.05, 0.1) is 0 Å². The third-order valence-electron chi connectivity index (χ3n) is 16.0. The third-order valence-corrected chi connectivity index (χ3v) is 33.6. The van der Waals surface area contributed by atoms with Crippen LogP contribution in [0.4, 0.5) is 0 Å². The van der Waals surface area contributed by atoms with Crippen molar-refractivity contribution >= 4 is 14.5 Å². The second-order valence-corrected chi connectivity index (χ2v) is 28.5. The van der Waals surface area contributed by atoms with E-state index < -0.39 is 14.5 Å². The Morgan fingerprint density at radius 2 is 0.533 bits per heavy atom. The fraction of sp³-hybridized carbons (Fsp3) is 0.860. The Hall–Kier alpha value is 0.0800. The minimum atomic E-state index is -1.79. The van der Waals surface area contributed by atoms with Crippen LogP contribution in [0.3, 0.4) is 0 Å². The summed E-state index contributed by atoms with van der Waals surface area (Å²) in [5, 5.41) is 1.08. The summed E-state index contributed by atoms with van der Waals surface area (Å²) in [6, 6.07) is 13.1. The zero-order chi connectivity index (χ0) is 30.4. The van der Waals surface area contributed by atoms with Crippen molar-refractivity contribution in [3.8, 4) is 0 Å². The molecule has 0 spiro atoms. The number of rotatable bonds is 9. The van der Waals surface area contributed by atoms with E-state index in [9.17, 15) is 0 Å². The first-order chi connectivity index (χ1) is 22.4. The zero-order valence-corrected chi connectivity index (χ0v) is 31.6. The molecule has 45 heavy (non-hydrogen) atoms. The Balaban J connectivity index is 1.53. The number of benzene rings is 1. The van der Waals surface area contributed by atoms with Gasteiger partial charge in [0.1, 0.15) is 0 Å². The molecule has 0 radical (unpaired) electrons. The van der Waals surface area contributed by atoms with Crippen LogP contribution in [0.1, 0.15) is 204 Å². The Labute approximate surface area is 281 Å². The molecule has 1 aromatic carbocycles. The average molecular weight is 653 g/mol. The fourth-order valence-corrected chi connectivity index (χ4v) is 39.2. The Morgan fingerprint density at radius 3 is 0.756 bits per heavy atom. The summed E-state index contributed by atoms with van der Waals surface area (Å²) in [6.45, 7) is 0. The van der Waals surface area contributed by atoms with E-state index in [2.05, 4.69) is 30.3 Å². The van der Waals surface area contributed by atoms with Gasteiger partial charge in [-0.2, -0.15) is 0 Å². The molecule has 6 fully saturated rings. The summed E-state index contributed by atoms with van der Waals surface area (Å²) in [6.07, 6.45) is 47.9. The van der Waals surface area contributed by atoms with Gasteiger partial charge in [-0.1, -0.05) is 0 Å². The van der Waals surface area contributed by atoms with E-state index in [1.54, 1.807) is 193 Å². The molecule has 0 unspecified atom stereocenters. The molecule has 6 saturated carbocycles. The molecule has 0 amide bonds. The van der Waals surface area contributed by atoms with Crippen molar-refractivity contribution in [2.75, 3.05) is 0 Å². The zero-order valence-electron chi connectivity index (χ0n) is 29.6.